The SMILES string of the molecule is CCN(CC)CCN1C[C@H]2C[C@@H](Oc3cccc(C(=O)OC)c3)[C@H](O)C[C@H]2C1.O=CO. The zero-order valence-corrected chi connectivity index (χ0v) is 18.8. The summed E-state index contributed by atoms with van der Waals surface area (Å²) in [5.74, 6) is 1.35. The van der Waals surface area contributed by atoms with Crippen LogP contribution in [0.4, 0.5) is 0 Å². The van der Waals surface area contributed by atoms with Crippen molar-refractivity contribution < 1.29 is 29.3 Å². The van der Waals surface area contributed by atoms with Gasteiger partial charge in [0.05, 0.1) is 18.8 Å². The summed E-state index contributed by atoms with van der Waals surface area (Å²) in [4.78, 5) is 25.1. The molecule has 2 N–H and O–H groups in total. The smallest absolute Gasteiger partial charge is 0.337 e. The Morgan fingerprint density at radius 1 is 1.23 bits per heavy atom. The number of hydrogen-bond acceptors (Lipinski definition) is 7. The second kappa shape index (κ2) is 12.6. The van der Waals surface area contributed by atoms with E-state index in [1.54, 1.807) is 18.2 Å². The quantitative estimate of drug-likeness (QED) is 0.471. The number of hydrogen-bond donors (Lipinski definition) is 2. The Kier molecular flexibility index (Phi) is 10.2. The Morgan fingerprint density at radius 2 is 1.87 bits per heavy atom. The summed E-state index contributed by atoms with van der Waals surface area (Å²) in [6.07, 6.45) is 0.951. The number of carbonyl (C=O) groups excluding carboxylic acids is 1. The molecule has 3 rings (SSSR count). The molecule has 174 valence electrons. The van der Waals surface area contributed by atoms with Gasteiger partial charge in [0.2, 0.25) is 0 Å². The van der Waals surface area contributed by atoms with Crippen LogP contribution < -0.4 is 4.74 Å². The van der Waals surface area contributed by atoms with Crippen molar-refractivity contribution in [1.82, 2.24) is 9.80 Å². The van der Waals surface area contributed by atoms with Crippen LogP contribution in [0, 0.1) is 11.8 Å². The fourth-order valence-electron chi connectivity index (χ4n) is 4.61. The highest BCUT2D eigenvalue weighted by Gasteiger charge is 2.42. The summed E-state index contributed by atoms with van der Waals surface area (Å²) in [5.41, 5.74) is 0.464. The van der Waals surface area contributed by atoms with E-state index in [4.69, 9.17) is 19.4 Å². The van der Waals surface area contributed by atoms with Crippen LogP contribution in [-0.2, 0) is 9.53 Å². The summed E-state index contributed by atoms with van der Waals surface area (Å²) in [6.45, 7) is 10.7. The number of fused-ring (bicyclic) bond motifs is 1. The minimum atomic E-state index is -0.467. The van der Waals surface area contributed by atoms with Crippen molar-refractivity contribution in [2.45, 2.75) is 38.9 Å². The summed E-state index contributed by atoms with van der Waals surface area (Å²) in [7, 11) is 1.37. The van der Waals surface area contributed by atoms with Crippen molar-refractivity contribution in [2.24, 2.45) is 11.8 Å². The van der Waals surface area contributed by atoms with Gasteiger partial charge in [0.25, 0.3) is 6.47 Å². The minimum Gasteiger partial charge on any atom is -0.488 e. The molecule has 0 spiro atoms. The molecule has 0 aromatic heterocycles. The maximum absolute atomic E-state index is 11.7. The van der Waals surface area contributed by atoms with Crippen molar-refractivity contribution >= 4 is 12.4 Å². The molecule has 2 fully saturated rings. The number of aliphatic hydroxyl groups is 1. The number of methoxy groups -OCH3 is 1. The van der Waals surface area contributed by atoms with Gasteiger partial charge < -0.3 is 29.5 Å². The van der Waals surface area contributed by atoms with Gasteiger partial charge in [0.15, 0.2) is 0 Å². The number of ether oxygens (including phenoxy) is 2. The second-order valence-electron chi connectivity index (χ2n) is 8.13. The fourth-order valence-corrected chi connectivity index (χ4v) is 4.61. The van der Waals surface area contributed by atoms with Gasteiger partial charge in [-0.2, -0.15) is 0 Å². The number of carboxylic acid groups (broad SMARTS) is 1. The minimum absolute atomic E-state index is 0.225. The topological polar surface area (TPSA) is 99.5 Å². The Labute approximate surface area is 184 Å². The lowest BCUT2D eigenvalue weighted by Gasteiger charge is -2.35. The Hall–Kier alpha value is -2.16. The largest absolute Gasteiger partial charge is 0.488 e. The van der Waals surface area contributed by atoms with Crippen LogP contribution in [0.3, 0.4) is 0 Å². The van der Waals surface area contributed by atoms with E-state index in [1.807, 2.05) is 6.07 Å². The Bertz CT molecular complexity index is 696. The highest BCUT2D eigenvalue weighted by Crippen LogP contribution is 2.38. The zero-order chi connectivity index (χ0) is 22.8. The van der Waals surface area contributed by atoms with Crippen LogP contribution in [0.15, 0.2) is 24.3 Å². The van der Waals surface area contributed by atoms with E-state index in [0.717, 1.165) is 52.1 Å². The summed E-state index contributed by atoms with van der Waals surface area (Å²) in [5, 5.41) is 17.5. The summed E-state index contributed by atoms with van der Waals surface area (Å²) >= 11 is 0. The lowest BCUT2D eigenvalue weighted by Crippen LogP contribution is -2.42. The highest BCUT2D eigenvalue weighted by atomic mass is 16.5. The molecule has 31 heavy (non-hydrogen) atoms. The molecule has 1 saturated carbocycles. The van der Waals surface area contributed by atoms with Crippen molar-refractivity contribution in [1.29, 1.82) is 0 Å². The van der Waals surface area contributed by atoms with Crippen LogP contribution in [0.5, 0.6) is 5.75 Å². The molecule has 0 amide bonds. The van der Waals surface area contributed by atoms with E-state index in [0.29, 0.717) is 23.1 Å². The third-order valence-corrected chi connectivity index (χ3v) is 6.33. The average Bonchev–Trinajstić information content (AvgIpc) is 3.16. The van der Waals surface area contributed by atoms with Crippen LogP contribution >= 0.6 is 0 Å². The summed E-state index contributed by atoms with van der Waals surface area (Å²) in [6, 6.07) is 7.01. The predicted octanol–water partition coefficient (Wildman–Crippen LogP) is 1.97. The molecule has 0 radical (unpaired) electrons. The monoisotopic (exact) mass is 436 g/mol. The molecule has 0 bridgehead atoms. The normalized spacial score (nSPS) is 25.3. The first-order valence-corrected chi connectivity index (χ1v) is 11.0. The van der Waals surface area contributed by atoms with Crippen LogP contribution in [0.2, 0.25) is 0 Å². The number of esters is 1. The van der Waals surface area contributed by atoms with E-state index in [9.17, 15) is 9.90 Å². The average molecular weight is 437 g/mol. The zero-order valence-electron chi connectivity index (χ0n) is 18.8. The number of likely N-dealkylation sites (N-methyl/N-ethyl adjacent to an activating group) is 1. The van der Waals surface area contributed by atoms with Crippen LogP contribution in [0.1, 0.15) is 37.0 Å². The number of aliphatic hydroxyl groups excluding tert-OH is 1. The number of likely N-dealkylation sites (tertiary alicyclic amines) is 1. The molecule has 0 unspecified atom stereocenters. The summed E-state index contributed by atoms with van der Waals surface area (Å²) < 4.78 is 10.9. The molecule has 1 aromatic rings. The maximum Gasteiger partial charge on any atom is 0.337 e. The van der Waals surface area contributed by atoms with Gasteiger partial charge in [-0.05, 0) is 56.0 Å². The van der Waals surface area contributed by atoms with Gasteiger partial charge in [0, 0.05) is 26.2 Å². The molecule has 1 aliphatic carbocycles. The molecule has 1 aromatic carbocycles. The number of rotatable bonds is 8. The van der Waals surface area contributed by atoms with Crippen LogP contribution in [-0.4, -0.2) is 91.0 Å². The van der Waals surface area contributed by atoms with Crippen LogP contribution in [0.25, 0.3) is 0 Å². The molecular formula is C23H36N2O6. The lowest BCUT2D eigenvalue weighted by atomic mass is 9.78. The number of nitrogens with zero attached hydrogens (tertiary/aromatic N) is 2. The molecule has 8 heteroatoms. The van der Waals surface area contributed by atoms with Crippen molar-refractivity contribution in [3.05, 3.63) is 29.8 Å². The van der Waals surface area contributed by atoms with E-state index in [-0.39, 0.29) is 18.5 Å². The van der Waals surface area contributed by atoms with Crippen molar-refractivity contribution in [3.63, 3.8) is 0 Å². The highest BCUT2D eigenvalue weighted by molar-refractivity contribution is 5.89. The van der Waals surface area contributed by atoms with Gasteiger partial charge in [-0.25, -0.2) is 4.79 Å². The predicted molar refractivity (Wildman–Crippen MR) is 117 cm³/mol. The maximum atomic E-state index is 11.7. The Morgan fingerprint density at radius 3 is 2.48 bits per heavy atom. The molecule has 8 nitrogen and oxygen atoms in total. The standard InChI is InChI=1S/C22H34N2O4.CH2O2/c1-4-23(5-2)9-10-24-14-17-12-20(25)21(13-18(17)15-24)28-19-8-6-7-16(11-19)22(26)27-3;2-1-3/h6-8,11,17-18,20-21,25H,4-5,9-10,12-15H2,1-3H3;1H,(H,2,3)/t17-,18+,20+,21+;/m0./s1. The van der Waals surface area contributed by atoms with Gasteiger partial charge >= 0.3 is 5.97 Å². The van der Waals surface area contributed by atoms with E-state index in [2.05, 4.69) is 23.6 Å². The molecule has 1 heterocycles. The van der Waals surface area contributed by atoms with E-state index in [1.165, 1.54) is 7.11 Å². The van der Waals surface area contributed by atoms with Gasteiger partial charge in [-0.1, -0.05) is 19.9 Å². The molecule has 4 atom stereocenters. The van der Waals surface area contributed by atoms with Crippen molar-refractivity contribution in [2.75, 3.05) is 46.4 Å². The molecular weight excluding hydrogens is 400 g/mol. The lowest BCUT2D eigenvalue weighted by molar-refractivity contribution is -0.122. The first-order valence-electron chi connectivity index (χ1n) is 11.0. The number of benzene rings is 1. The van der Waals surface area contributed by atoms with Crippen molar-refractivity contribution in [3.8, 4) is 5.75 Å². The molecule has 2 aliphatic rings. The van der Waals surface area contributed by atoms with E-state index < -0.39 is 6.10 Å². The first-order chi connectivity index (χ1) is 14.9. The van der Waals surface area contributed by atoms with Gasteiger partial charge in [-0.15, -0.1) is 0 Å². The van der Waals surface area contributed by atoms with Gasteiger partial charge in [0.1, 0.15) is 11.9 Å². The third-order valence-electron chi connectivity index (χ3n) is 6.33. The fraction of sp³-hybridized carbons (Fsp3) is 0.652. The second-order valence-corrected chi connectivity index (χ2v) is 8.13. The van der Waals surface area contributed by atoms with E-state index >= 15 is 0 Å². The molecule has 1 aliphatic heterocycles. The first kappa shape index (κ1) is 25.1. The Balaban J connectivity index is 0.00000107. The third kappa shape index (κ3) is 7.19. The van der Waals surface area contributed by atoms with Gasteiger partial charge in [-0.3, -0.25) is 4.79 Å². The molecule has 1 saturated heterocycles. The number of carbonyl (C=O) groups is 2.